The van der Waals surface area contributed by atoms with Gasteiger partial charge >= 0.3 is 0 Å². The molecular weight excluding hydrogens is 434 g/mol. The zero-order valence-corrected chi connectivity index (χ0v) is 20.1. The van der Waals surface area contributed by atoms with E-state index in [1.165, 1.54) is 16.0 Å². The van der Waals surface area contributed by atoms with Gasteiger partial charge < -0.3 is 15.2 Å². The molecule has 0 radical (unpaired) electrons. The first kappa shape index (κ1) is 22.2. The van der Waals surface area contributed by atoms with E-state index in [0.717, 1.165) is 16.5 Å². The molecule has 6 heteroatoms. The lowest BCUT2D eigenvalue weighted by molar-refractivity contribution is 0.395. The standard InChI is InChI=1S/C26H27N3OS2/c1-17-11-12-21-14-22(25(30)28-24(21)18(17)2)15-29(16-23-10-7-13-32-23)26(31)27-19(3)20-8-5-4-6-9-20/h4-14,19H,15-16H2,1-3H3,(H,27,31)(H,28,30)/t19-/m0/s1. The predicted molar refractivity (Wildman–Crippen MR) is 138 cm³/mol. The van der Waals surface area contributed by atoms with Gasteiger partial charge in [-0.05, 0) is 72.6 Å². The lowest BCUT2D eigenvalue weighted by Crippen LogP contribution is -2.40. The second-order valence-electron chi connectivity index (χ2n) is 8.11. The van der Waals surface area contributed by atoms with Crippen LogP contribution in [0.15, 0.2) is 70.8 Å². The van der Waals surface area contributed by atoms with E-state index < -0.39 is 0 Å². The summed E-state index contributed by atoms with van der Waals surface area (Å²) in [6.07, 6.45) is 0. The lowest BCUT2D eigenvalue weighted by Gasteiger charge is -2.28. The van der Waals surface area contributed by atoms with Crippen molar-refractivity contribution >= 4 is 39.6 Å². The van der Waals surface area contributed by atoms with Crippen LogP contribution in [-0.4, -0.2) is 15.0 Å². The van der Waals surface area contributed by atoms with E-state index >= 15 is 0 Å². The van der Waals surface area contributed by atoms with Crippen LogP contribution in [0.1, 0.15) is 40.1 Å². The zero-order chi connectivity index (χ0) is 22.7. The molecule has 4 nitrogen and oxygen atoms in total. The molecule has 0 aliphatic rings. The number of nitrogens with zero attached hydrogens (tertiary/aromatic N) is 1. The highest BCUT2D eigenvalue weighted by atomic mass is 32.1. The van der Waals surface area contributed by atoms with Gasteiger partial charge in [0, 0.05) is 10.4 Å². The van der Waals surface area contributed by atoms with Gasteiger partial charge in [0.15, 0.2) is 5.11 Å². The summed E-state index contributed by atoms with van der Waals surface area (Å²) in [7, 11) is 0. The van der Waals surface area contributed by atoms with Gasteiger partial charge in [0.05, 0.1) is 24.6 Å². The number of rotatable bonds is 6. The van der Waals surface area contributed by atoms with E-state index in [-0.39, 0.29) is 11.6 Å². The van der Waals surface area contributed by atoms with Gasteiger partial charge in [-0.3, -0.25) is 4.79 Å². The van der Waals surface area contributed by atoms with Gasteiger partial charge in [-0.1, -0.05) is 48.5 Å². The van der Waals surface area contributed by atoms with Crippen molar-refractivity contribution < 1.29 is 0 Å². The van der Waals surface area contributed by atoms with E-state index in [2.05, 4.69) is 64.8 Å². The van der Waals surface area contributed by atoms with Crippen molar-refractivity contribution in [3.63, 3.8) is 0 Å². The second-order valence-corrected chi connectivity index (χ2v) is 9.53. The number of hydrogen-bond donors (Lipinski definition) is 2. The lowest BCUT2D eigenvalue weighted by atomic mass is 10.0. The Labute approximate surface area is 197 Å². The molecule has 0 bridgehead atoms. The first-order valence-electron chi connectivity index (χ1n) is 10.7. The zero-order valence-electron chi connectivity index (χ0n) is 18.5. The SMILES string of the molecule is Cc1ccc2cc(CN(Cc3cccs3)C(=S)N[C@@H](C)c3ccccc3)c(=O)[nH]c2c1C. The molecule has 2 aromatic carbocycles. The van der Waals surface area contributed by atoms with Crippen molar-refractivity contribution in [1.29, 1.82) is 0 Å². The fraction of sp³-hybridized carbons (Fsp3) is 0.231. The summed E-state index contributed by atoms with van der Waals surface area (Å²) in [5.74, 6) is 0. The molecule has 4 aromatic rings. The third-order valence-electron chi connectivity index (χ3n) is 5.84. The average molecular weight is 462 g/mol. The number of thiophene rings is 1. The number of pyridine rings is 1. The van der Waals surface area contributed by atoms with Crippen LogP contribution in [0.3, 0.4) is 0 Å². The second kappa shape index (κ2) is 9.67. The first-order chi connectivity index (χ1) is 15.4. The van der Waals surface area contributed by atoms with Gasteiger partial charge in [-0.15, -0.1) is 11.3 Å². The molecule has 2 heterocycles. The molecule has 0 spiro atoms. The van der Waals surface area contributed by atoms with Crippen LogP contribution in [0.25, 0.3) is 10.9 Å². The predicted octanol–water partition coefficient (Wildman–Crippen LogP) is 5.84. The van der Waals surface area contributed by atoms with Gasteiger partial charge in [0.2, 0.25) is 0 Å². The maximum atomic E-state index is 13.0. The molecule has 0 saturated carbocycles. The van der Waals surface area contributed by atoms with E-state index in [1.54, 1.807) is 11.3 Å². The Balaban J connectivity index is 1.62. The fourth-order valence-corrected chi connectivity index (χ4v) is 4.81. The average Bonchev–Trinajstić information content (AvgIpc) is 3.30. The fourth-order valence-electron chi connectivity index (χ4n) is 3.78. The van der Waals surface area contributed by atoms with Crippen LogP contribution in [0.5, 0.6) is 0 Å². The quantitative estimate of drug-likeness (QED) is 0.354. The third-order valence-corrected chi connectivity index (χ3v) is 7.08. The maximum Gasteiger partial charge on any atom is 0.253 e. The Bertz CT molecular complexity index is 1280. The molecule has 0 fully saturated rings. The van der Waals surface area contributed by atoms with Crippen LogP contribution in [-0.2, 0) is 13.1 Å². The number of aryl methyl sites for hydroxylation is 2. The van der Waals surface area contributed by atoms with Gasteiger partial charge in [-0.25, -0.2) is 0 Å². The largest absolute Gasteiger partial charge is 0.356 e. The summed E-state index contributed by atoms with van der Waals surface area (Å²) in [6, 6.07) is 20.6. The molecule has 32 heavy (non-hydrogen) atoms. The van der Waals surface area contributed by atoms with Crippen molar-refractivity contribution in [2.45, 2.75) is 39.9 Å². The number of nitrogens with one attached hydrogen (secondary N) is 2. The Morgan fingerprint density at radius 2 is 1.88 bits per heavy atom. The summed E-state index contributed by atoms with van der Waals surface area (Å²) in [4.78, 5) is 19.3. The summed E-state index contributed by atoms with van der Waals surface area (Å²) >= 11 is 7.50. The molecule has 1 atom stereocenters. The highest BCUT2D eigenvalue weighted by Crippen LogP contribution is 2.21. The molecule has 0 unspecified atom stereocenters. The number of aromatic nitrogens is 1. The van der Waals surface area contributed by atoms with E-state index in [4.69, 9.17) is 12.2 Å². The highest BCUT2D eigenvalue weighted by molar-refractivity contribution is 7.80. The topological polar surface area (TPSA) is 48.1 Å². The van der Waals surface area contributed by atoms with Crippen molar-refractivity contribution in [3.8, 4) is 0 Å². The van der Waals surface area contributed by atoms with Gasteiger partial charge in [0.25, 0.3) is 5.56 Å². The van der Waals surface area contributed by atoms with E-state index in [0.29, 0.717) is 23.8 Å². The minimum atomic E-state index is -0.0683. The van der Waals surface area contributed by atoms with Crippen LogP contribution in [0, 0.1) is 13.8 Å². The minimum absolute atomic E-state index is 0.0649. The molecule has 4 rings (SSSR count). The van der Waals surface area contributed by atoms with Gasteiger partial charge in [-0.2, -0.15) is 0 Å². The first-order valence-corrected chi connectivity index (χ1v) is 12.0. The summed E-state index contributed by atoms with van der Waals surface area (Å²) in [5, 5.41) is 7.18. The summed E-state index contributed by atoms with van der Waals surface area (Å²) in [5.41, 5.74) is 4.98. The normalized spacial score (nSPS) is 12.0. The van der Waals surface area contributed by atoms with Crippen LogP contribution < -0.4 is 10.9 Å². The van der Waals surface area contributed by atoms with Crippen molar-refractivity contribution in [2.24, 2.45) is 0 Å². The maximum absolute atomic E-state index is 13.0. The van der Waals surface area contributed by atoms with Crippen LogP contribution in [0.2, 0.25) is 0 Å². The van der Waals surface area contributed by atoms with E-state index in [1.807, 2.05) is 37.3 Å². The van der Waals surface area contributed by atoms with Crippen molar-refractivity contribution in [3.05, 3.63) is 104 Å². The minimum Gasteiger partial charge on any atom is -0.356 e. The molecule has 2 aromatic heterocycles. The smallest absolute Gasteiger partial charge is 0.253 e. The molecule has 164 valence electrons. The van der Waals surface area contributed by atoms with E-state index in [9.17, 15) is 4.79 Å². The number of hydrogen-bond acceptors (Lipinski definition) is 3. The molecule has 0 aliphatic carbocycles. The highest BCUT2D eigenvalue weighted by Gasteiger charge is 2.17. The van der Waals surface area contributed by atoms with Crippen molar-refractivity contribution in [2.75, 3.05) is 0 Å². The molecular formula is C26H27N3OS2. The monoisotopic (exact) mass is 461 g/mol. The number of H-pyrrole nitrogens is 1. The molecule has 2 N–H and O–H groups in total. The Hall–Kier alpha value is -2.96. The molecule has 0 amide bonds. The number of benzene rings is 2. The van der Waals surface area contributed by atoms with Crippen LogP contribution >= 0.6 is 23.6 Å². The Morgan fingerprint density at radius 3 is 2.59 bits per heavy atom. The van der Waals surface area contributed by atoms with Crippen LogP contribution in [0.4, 0.5) is 0 Å². The Kier molecular flexibility index (Phi) is 6.72. The number of fused-ring (bicyclic) bond motifs is 1. The van der Waals surface area contributed by atoms with Gasteiger partial charge in [0.1, 0.15) is 0 Å². The number of thiocarbonyl (C=S) groups is 1. The molecule has 0 aliphatic heterocycles. The van der Waals surface area contributed by atoms with Crippen molar-refractivity contribution in [1.82, 2.24) is 15.2 Å². The summed E-state index contributed by atoms with van der Waals surface area (Å²) in [6.45, 7) is 7.28. The third kappa shape index (κ3) is 4.92. The molecule has 0 saturated heterocycles. The Morgan fingerprint density at radius 1 is 1.09 bits per heavy atom. The summed E-state index contributed by atoms with van der Waals surface area (Å²) < 4.78 is 0. The number of aromatic amines is 1.